The van der Waals surface area contributed by atoms with Crippen LogP contribution in [0.15, 0.2) is 41.8 Å². The standard InChI is InChI=1S/C16H21NOS/c1-3-18-15-7-4-6-14(11-15)12-17-13(2)10-16-8-5-9-19-16/h4-9,11,13,17H,3,10,12H2,1-2H3. The number of hydrogen-bond donors (Lipinski definition) is 1. The van der Waals surface area contributed by atoms with Gasteiger partial charge in [-0.3, -0.25) is 0 Å². The predicted molar refractivity (Wildman–Crippen MR) is 81.9 cm³/mol. The second-order valence-electron chi connectivity index (χ2n) is 4.65. The monoisotopic (exact) mass is 275 g/mol. The van der Waals surface area contributed by atoms with Crippen molar-refractivity contribution in [2.45, 2.75) is 32.9 Å². The third-order valence-corrected chi connectivity index (χ3v) is 3.85. The summed E-state index contributed by atoms with van der Waals surface area (Å²) in [6.07, 6.45) is 1.09. The lowest BCUT2D eigenvalue weighted by Crippen LogP contribution is -2.27. The molecule has 1 atom stereocenters. The van der Waals surface area contributed by atoms with Crippen LogP contribution in [0.25, 0.3) is 0 Å². The predicted octanol–water partition coefficient (Wildman–Crippen LogP) is 3.87. The number of thiophene rings is 1. The van der Waals surface area contributed by atoms with Crippen molar-refractivity contribution < 1.29 is 4.74 Å². The molecule has 0 aliphatic carbocycles. The molecule has 0 spiro atoms. The molecule has 1 unspecified atom stereocenters. The summed E-state index contributed by atoms with van der Waals surface area (Å²) in [7, 11) is 0. The molecule has 0 amide bonds. The molecular weight excluding hydrogens is 254 g/mol. The highest BCUT2D eigenvalue weighted by Gasteiger charge is 2.04. The first-order valence-electron chi connectivity index (χ1n) is 6.75. The third-order valence-electron chi connectivity index (χ3n) is 2.95. The van der Waals surface area contributed by atoms with E-state index in [9.17, 15) is 0 Å². The van der Waals surface area contributed by atoms with Crippen LogP contribution in [-0.4, -0.2) is 12.6 Å². The van der Waals surface area contributed by atoms with E-state index < -0.39 is 0 Å². The summed E-state index contributed by atoms with van der Waals surface area (Å²) in [4.78, 5) is 1.43. The molecular formula is C16H21NOS. The fourth-order valence-corrected chi connectivity index (χ4v) is 2.84. The molecule has 0 saturated carbocycles. The minimum atomic E-state index is 0.481. The lowest BCUT2D eigenvalue weighted by molar-refractivity contribution is 0.339. The Balaban J connectivity index is 1.82. The molecule has 102 valence electrons. The summed E-state index contributed by atoms with van der Waals surface area (Å²) in [6.45, 7) is 5.83. The van der Waals surface area contributed by atoms with E-state index in [-0.39, 0.29) is 0 Å². The van der Waals surface area contributed by atoms with Crippen LogP contribution in [-0.2, 0) is 13.0 Å². The first kappa shape index (κ1) is 14.1. The van der Waals surface area contributed by atoms with E-state index in [0.29, 0.717) is 12.6 Å². The van der Waals surface area contributed by atoms with Gasteiger partial charge < -0.3 is 10.1 Å². The molecule has 0 saturated heterocycles. The molecule has 0 aliphatic rings. The molecule has 1 aromatic heterocycles. The first-order valence-corrected chi connectivity index (χ1v) is 7.63. The van der Waals surface area contributed by atoms with E-state index in [1.165, 1.54) is 10.4 Å². The van der Waals surface area contributed by atoms with Crippen LogP contribution >= 0.6 is 11.3 Å². The van der Waals surface area contributed by atoms with Gasteiger partial charge in [0.1, 0.15) is 5.75 Å². The van der Waals surface area contributed by atoms with Crippen LogP contribution in [0.1, 0.15) is 24.3 Å². The van der Waals surface area contributed by atoms with E-state index in [1.807, 2.05) is 30.4 Å². The van der Waals surface area contributed by atoms with Crippen LogP contribution in [0, 0.1) is 0 Å². The largest absolute Gasteiger partial charge is 0.494 e. The van der Waals surface area contributed by atoms with Gasteiger partial charge in [-0.2, -0.15) is 0 Å². The van der Waals surface area contributed by atoms with Crippen molar-refractivity contribution in [2.24, 2.45) is 0 Å². The molecule has 2 rings (SSSR count). The highest BCUT2D eigenvalue weighted by atomic mass is 32.1. The lowest BCUT2D eigenvalue weighted by atomic mass is 10.1. The smallest absolute Gasteiger partial charge is 0.119 e. The summed E-state index contributed by atoms with van der Waals surface area (Å²) < 4.78 is 5.51. The van der Waals surface area contributed by atoms with Crippen LogP contribution < -0.4 is 10.1 Å². The van der Waals surface area contributed by atoms with Gasteiger partial charge in [-0.1, -0.05) is 18.2 Å². The minimum absolute atomic E-state index is 0.481. The quantitative estimate of drug-likeness (QED) is 0.828. The summed E-state index contributed by atoms with van der Waals surface area (Å²) in [5.41, 5.74) is 1.27. The Labute approximate surface area is 119 Å². The second-order valence-corrected chi connectivity index (χ2v) is 5.68. The van der Waals surface area contributed by atoms with Gasteiger partial charge in [0, 0.05) is 17.5 Å². The number of nitrogens with one attached hydrogen (secondary N) is 1. The number of benzene rings is 1. The van der Waals surface area contributed by atoms with Gasteiger partial charge in [-0.05, 0) is 49.4 Å². The molecule has 1 heterocycles. The Morgan fingerprint density at radius 2 is 2.16 bits per heavy atom. The minimum Gasteiger partial charge on any atom is -0.494 e. The Kier molecular flexibility index (Phi) is 5.43. The maximum absolute atomic E-state index is 5.51. The molecule has 0 bridgehead atoms. The zero-order chi connectivity index (χ0) is 13.5. The number of hydrogen-bond acceptors (Lipinski definition) is 3. The molecule has 1 aromatic carbocycles. The van der Waals surface area contributed by atoms with Gasteiger partial charge >= 0.3 is 0 Å². The SMILES string of the molecule is CCOc1cccc(CNC(C)Cc2cccs2)c1. The first-order chi connectivity index (χ1) is 9.28. The van der Waals surface area contributed by atoms with Gasteiger partial charge in [0.2, 0.25) is 0 Å². The van der Waals surface area contributed by atoms with Crippen molar-refractivity contribution in [1.29, 1.82) is 0 Å². The van der Waals surface area contributed by atoms with Crippen molar-refractivity contribution in [1.82, 2.24) is 5.32 Å². The Hall–Kier alpha value is -1.32. The van der Waals surface area contributed by atoms with E-state index in [0.717, 1.165) is 18.7 Å². The molecule has 19 heavy (non-hydrogen) atoms. The topological polar surface area (TPSA) is 21.3 Å². The second kappa shape index (κ2) is 7.31. The van der Waals surface area contributed by atoms with Crippen molar-refractivity contribution in [3.63, 3.8) is 0 Å². The fourth-order valence-electron chi connectivity index (χ4n) is 2.01. The Morgan fingerprint density at radius 3 is 2.89 bits per heavy atom. The van der Waals surface area contributed by atoms with E-state index >= 15 is 0 Å². The molecule has 0 aliphatic heterocycles. The maximum Gasteiger partial charge on any atom is 0.119 e. The van der Waals surface area contributed by atoms with Gasteiger partial charge in [0.25, 0.3) is 0 Å². The fraction of sp³-hybridized carbons (Fsp3) is 0.375. The van der Waals surface area contributed by atoms with E-state index in [2.05, 4.69) is 41.9 Å². The van der Waals surface area contributed by atoms with Crippen LogP contribution in [0.3, 0.4) is 0 Å². The summed E-state index contributed by atoms with van der Waals surface area (Å²) in [5.74, 6) is 0.952. The van der Waals surface area contributed by atoms with E-state index in [4.69, 9.17) is 4.74 Å². The third kappa shape index (κ3) is 4.69. The van der Waals surface area contributed by atoms with Gasteiger partial charge in [-0.15, -0.1) is 11.3 Å². The zero-order valence-electron chi connectivity index (χ0n) is 11.6. The molecule has 2 nitrogen and oxygen atoms in total. The van der Waals surface area contributed by atoms with Crippen molar-refractivity contribution in [3.05, 3.63) is 52.2 Å². The Bertz CT molecular complexity index is 481. The summed E-state index contributed by atoms with van der Waals surface area (Å²) in [6, 6.07) is 13.1. The average Bonchev–Trinajstić information content (AvgIpc) is 2.90. The highest BCUT2D eigenvalue weighted by Crippen LogP contribution is 2.14. The van der Waals surface area contributed by atoms with E-state index in [1.54, 1.807) is 0 Å². The molecule has 1 N–H and O–H groups in total. The summed E-state index contributed by atoms with van der Waals surface area (Å²) >= 11 is 1.82. The van der Waals surface area contributed by atoms with Crippen LogP contribution in [0.4, 0.5) is 0 Å². The van der Waals surface area contributed by atoms with Crippen molar-refractivity contribution in [3.8, 4) is 5.75 Å². The van der Waals surface area contributed by atoms with Crippen LogP contribution in [0.2, 0.25) is 0 Å². The average molecular weight is 275 g/mol. The molecule has 0 radical (unpaired) electrons. The zero-order valence-corrected chi connectivity index (χ0v) is 12.4. The molecule has 2 aromatic rings. The van der Waals surface area contributed by atoms with Crippen LogP contribution in [0.5, 0.6) is 5.75 Å². The van der Waals surface area contributed by atoms with Crippen molar-refractivity contribution >= 4 is 11.3 Å². The summed E-state index contributed by atoms with van der Waals surface area (Å²) in [5, 5.41) is 5.69. The maximum atomic E-state index is 5.51. The molecule has 0 fully saturated rings. The normalized spacial score (nSPS) is 12.3. The number of rotatable bonds is 7. The highest BCUT2D eigenvalue weighted by molar-refractivity contribution is 7.09. The van der Waals surface area contributed by atoms with Gasteiger partial charge in [0.15, 0.2) is 0 Å². The van der Waals surface area contributed by atoms with Crippen molar-refractivity contribution in [2.75, 3.05) is 6.61 Å². The van der Waals surface area contributed by atoms with Gasteiger partial charge in [0.05, 0.1) is 6.61 Å². The molecule has 3 heteroatoms. The number of ether oxygens (including phenoxy) is 1. The lowest BCUT2D eigenvalue weighted by Gasteiger charge is -2.13. The Morgan fingerprint density at radius 1 is 1.26 bits per heavy atom. The van der Waals surface area contributed by atoms with Gasteiger partial charge in [-0.25, -0.2) is 0 Å².